The number of carbonyl (C=O) groups is 2. The van der Waals surface area contributed by atoms with Gasteiger partial charge in [-0.25, -0.2) is 9.97 Å². The molecule has 0 radical (unpaired) electrons. The molecule has 3 rings (SSSR count). The van der Waals surface area contributed by atoms with Gasteiger partial charge in [-0.05, 0) is 31.2 Å². The topological polar surface area (TPSA) is 84.0 Å². The van der Waals surface area contributed by atoms with Gasteiger partial charge in [-0.1, -0.05) is 24.3 Å². The van der Waals surface area contributed by atoms with Crippen molar-refractivity contribution in [1.82, 2.24) is 20.8 Å². The predicted octanol–water partition coefficient (Wildman–Crippen LogP) is 3.03. The van der Waals surface area contributed by atoms with Crippen molar-refractivity contribution in [3.8, 4) is 0 Å². The number of hydrogen-bond acceptors (Lipinski definition) is 4. The van der Waals surface area contributed by atoms with Crippen LogP contribution in [0, 0.1) is 6.92 Å². The van der Waals surface area contributed by atoms with Crippen LogP contribution in [0.2, 0.25) is 0 Å². The highest BCUT2D eigenvalue weighted by Gasteiger charge is 2.33. The van der Waals surface area contributed by atoms with Gasteiger partial charge in [0.2, 0.25) is 0 Å². The smallest absolute Gasteiger partial charge is 0.267 e. The molecule has 27 heavy (non-hydrogen) atoms. The lowest BCUT2D eigenvalue weighted by Crippen LogP contribution is -2.42. The molecule has 3 aromatic rings. The van der Waals surface area contributed by atoms with Gasteiger partial charge in [0.15, 0.2) is 0 Å². The Morgan fingerprint density at radius 2 is 1.59 bits per heavy atom. The maximum atomic E-state index is 12.6. The van der Waals surface area contributed by atoms with Crippen molar-refractivity contribution in [2.75, 3.05) is 0 Å². The van der Waals surface area contributed by atoms with E-state index in [1.165, 1.54) is 13.0 Å². The number of hydrazine groups is 1. The van der Waals surface area contributed by atoms with Gasteiger partial charge in [-0.2, -0.15) is 13.2 Å². The molecule has 0 bridgehead atoms. The van der Waals surface area contributed by atoms with E-state index < -0.39 is 23.7 Å². The lowest BCUT2D eigenvalue weighted by molar-refractivity contribution is -0.141. The number of amides is 2. The third-order valence-electron chi connectivity index (χ3n) is 3.74. The minimum Gasteiger partial charge on any atom is -0.267 e. The van der Waals surface area contributed by atoms with E-state index in [0.717, 1.165) is 11.5 Å². The lowest BCUT2D eigenvalue weighted by atomic mass is 10.1. The number of hydrogen-bond donors (Lipinski definition) is 2. The maximum absolute atomic E-state index is 12.6. The third-order valence-corrected chi connectivity index (χ3v) is 3.74. The summed E-state index contributed by atoms with van der Waals surface area (Å²) in [6, 6.07) is 12.1. The first-order chi connectivity index (χ1) is 12.8. The van der Waals surface area contributed by atoms with Crippen LogP contribution < -0.4 is 10.9 Å². The average molecular weight is 374 g/mol. The Hall–Kier alpha value is -3.49. The number of para-hydroxylation sites is 1. The fourth-order valence-corrected chi connectivity index (χ4v) is 2.40. The quantitative estimate of drug-likeness (QED) is 0.676. The van der Waals surface area contributed by atoms with Crippen molar-refractivity contribution >= 4 is 22.7 Å². The van der Waals surface area contributed by atoms with Crippen molar-refractivity contribution < 1.29 is 22.8 Å². The Bertz CT molecular complexity index is 1030. The van der Waals surface area contributed by atoms with Crippen LogP contribution in [0.25, 0.3) is 10.9 Å². The van der Waals surface area contributed by atoms with E-state index in [1.54, 1.807) is 18.2 Å². The number of carbonyl (C=O) groups excluding carboxylic acids is 2. The zero-order valence-electron chi connectivity index (χ0n) is 14.0. The van der Waals surface area contributed by atoms with Crippen LogP contribution in [0.15, 0.2) is 48.5 Å². The third kappa shape index (κ3) is 4.02. The van der Waals surface area contributed by atoms with E-state index in [1.807, 2.05) is 12.1 Å². The van der Waals surface area contributed by atoms with Gasteiger partial charge in [-0.15, -0.1) is 0 Å². The minimum atomic E-state index is -4.60. The molecule has 1 aromatic carbocycles. The van der Waals surface area contributed by atoms with Gasteiger partial charge in [0.25, 0.3) is 11.8 Å². The molecule has 0 aliphatic carbocycles. The monoisotopic (exact) mass is 374 g/mol. The average Bonchev–Trinajstić information content (AvgIpc) is 2.64. The summed E-state index contributed by atoms with van der Waals surface area (Å²) in [4.78, 5) is 31.8. The van der Waals surface area contributed by atoms with E-state index in [2.05, 4.69) is 20.8 Å². The van der Waals surface area contributed by atoms with E-state index in [0.29, 0.717) is 11.6 Å². The minimum absolute atomic E-state index is 0.0799. The summed E-state index contributed by atoms with van der Waals surface area (Å²) in [7, 11) is 0. The maximum Gasteiger partial charge on any atom is 0.433 e. The molecule has 138 valence electrons. The van der Waals surface area contributed by atoms with Gasteiger partial charge in [0, 0.05) is 5.39 Å². The normalized spacial score (nSPS) is 11.3. The molecule has 0 atom stereocenters. The Morgan fingerprint density at radius 1 is 0.889 bits per heavy atom. The number of alkyl halides is 3. The Balaban J connectivity index is 1.70. The van der Waals surface area contributed by atoms with E-state index >= 15 is 0 Å². The first kappa shape index (κ1) is 18.3. The number of nitrogens with one attached hydrogen (secondary N) is 2. The fourth-order valence-electron chi connectivity index (χ4n) is 2.40. The second kappa shape index (κ2) is 7.02. The first-order valence-corrected chi connectivity index (χ1v) is 7.77. The molecular weight excluding hydrogens is 361 g/mol. The summed E-state index contributed by atoms with van der Waals surface area (Å²) in [5, 5.41) is 0.851. The number of halogens is 3. The van der Waals surface area contributed by atoms with Crippen LogP contribution >= 0.6 is 0 Å². The van der Waals surface area contributed by atoms with Crippen molar-refractivity contribution in [3.63, 3.8) is 0 Å². The van der Waals surface area contributed by atoms with Gasteiger partial charge >= 0.3 is 6.18 Å². The van der Waals surface area contributed by atoms with Crippen molar-refractivity contribution in [2.45, 2.75) is 13.1 Å². The zero-order chi connectivity index (χ0) is 19.6. The van der Waals surface area contributed by atoms with Crippen LogP contribution in [0.4, 0.5) is 13.2 Å². The predicted molar refractivity (Wildman–Crippen MR) is 90.7 cm³/mol. The molecule has 2 aromatic heterocycles. The molecular formula is C18H13F3N4O2. The summed E-state index contributed by atoms with van der Waals surface area (Å²) >= 11 is 0. The Kier molecular flexibility index (Phi) is 4.76. The summed E-state index contributed by atoms with van der Waals surface area (Å²) in [5.41, 5.74) is 3.72. The van der Waals surface area contributed by atoms with Crippen LogP contribution in [-0.2, 0) is 6.18 Å². The molecule has 0 saturated heterocycles. The van der Waals surface area contributed by atoms with E-state index in [-0.39, 0.29) is 17.0 Å². The van der Waals surface area contributed by atoms with Crippen LogP contribution in [-0.4, -0.2) is 21.8 Å². The van der Waals surface area contributed by atoms with Crippen LogP contribution in [0.1, 0.15) is 32.2 Å². The molecule has 2 N–H and O–H groups in total. The largest absolute Gasteiger partial charge is 0.433 e. The highest BCUT2D eigenvalue weighted by molar-refractivity contribution is 5.99. The zero-order valence-corrected chi connectivity index (χ0v) is 14.0. The molecule has 2 heterocycles. The number of rotatable bonds is 2. The molecule has 0 aliphatic rings. The number of nitrogens with zero attached hydrogens (tertiary/aromatic N) is 2. The number of benzene rings is 1. The molecule has 0 saturated carbocycles. The highest BCUT2D eigenvalue weighted by Crippen LogP contribution is 2.28. The molecule has 9 heteroatoms. The van der Waals surface area contributed by atoms with Crippen LogP contribution in [0.3, 0.4) is 0 Å². The lowest BCUT2D eigenvalue weighted by Gasteiger charge is -2.11. The van der Waals surface area contributed by atoms with Gasteiger partial charge in [-0.3, -0.25) is 20.4 Å². The summed E-state index contributed by atoms with van der Waals surface area (Å²) in [6.07, 6.45) is -4.60. The summed E-state index contributed by atoms with van der Waals surface area (Å²) < 4.78 is 37.9. The van der Waals surface area contributed by atoms with Gasteiger partial charge in [0.05, 0.1) is 16.8 Å². The Morgan fingerprint density at radius 3 is 2.30 bits per heavy atom. The van der Waals surface area contributed by atoms with Gasteiger partial charge < -0.3 is 0 Å². The second-order valence-corrected chi connectivity index (χ2v) is 5.62. The molecule has 0 spiro atoms. The second-order valence-electron chi connectivity index (χ2n) is 5.62. The van der Waals surface area contributed by atoms with E-state index in [9.17, 15) is 22.8 Å². The number of aryl methyl sites for hydroxylation is 1. The molecule has 6 nitrogen and oxygen atoms in total. The van der Waals surface area contributed by atoms with E-state index in [4.69, 9.17) is 0 Å². The number of fused-ring (bicyclic) bond motifs is 1. The van der Waals surface area contributed by atoms with Crippen molar-refractivity contribution in [1.29, 1.82) is 0 Å². The Labute approximate surface area is 151 Å². The van der Waals surface area contributed by atoms with Gasteiger partial charge in [0.1, 0.15) is 11.4 Å². The molecule has 0 unspecified atom stereocenters. The first-order valence-electron chi connectivity index (χ1n) is 7.77. The van der Waals surface area contributed by atoms with Crippen molar-refractivity contribution in [3.05, 3.63) is 71.2 Å². The molecule has 0 fully saturated rings. The molecule has 2 amide bonds. The summed E-state index contributed by atoms with van der Waals surface area (Å²) in [6.45, 7) is 1.27. The summed E-state index contributed by atoms with van der Waals surface area (Å²) in [5.74, 6) is -1.45. The van der Waals surface area contributed by atoms with Crippen LogP contribution in [0.5, 0.6) is 0 Å². The fraction of sp³-hybridized carbons (Fsp3) is 0.111. The highest BCUT2D eigenvalue weighted by atomic mass is 19.4. The number of pyridine rings is 2. The van der Waals surface area contributed by atoms with Crippen molar-refractivity contribution in [2.24, 2.45) is 0 Å². The SMILES string of the molecule is Cc1nc(C(F)(F)F)ccc1C(=O)NNC(=O)c1ccc2ccccc2n1. The molecule has 0 aliphatic heterocycles. The number of aromatic nitrogens is 2. The standard InChI is InChI=1S/C18H13F3N4O2/c1-10-12(7-9-15(22-10)18(19,20)21)16(26)24-25-17(27)14-8-6-11-4-2-3-5-13(11)23-14/h2-9H,1H3,(H,24,26)(H,25,27).